The number of nitrogens with zero attached hydrogens (tertiary/aromatic N) is 1. The highest BCUT2D eigenvalue weighted by Crippen LogP contribution is 2.35. The van der Waals surface area contributed by atoms with Gasteiger partial charge in [0.2, 0.25) is 0 Å². The van der Waals surface area contributed by atoms with E-state index in [0.29, 0.717) is 17.1 Å². The number of carbonyl (C=O) groups excluding carboxylic acids is 1. The van der Waals surface area contributed by atoms with E-state index >= 15 is 0 Å². The Morgan fingerprint density at radius 1 is 1.36 bits per heavy atom. The lowest BCUT2D eigenvalue weighted by molar-refractivity contribution is 0.0958. The van der Waals surface area contributed by atoms with Crippen molar-refractivity contribution in [2.24, 2.45) is 0 Å². The van der Waals surface area contributed by atoms with Crippen molar-refractivity contribution in [3.8, 4) is 0 Å². The summed E-state index contributed by atoms with van der Waals surface area (Å²) < 4.78 is 0. The highest BCUT2D eigenvalue weighted by molar-refractivity contribution is 7.21. The zero-order valence-corrected chi connectivity index (χ0v) is 13.9. The number of thiophene rings is 1. The molecular formula is C17H23N3OS. The number of unbranched alkanes of at least 4 members (excludes halogenated alkanes) is 1. The number of hydrogen-bond acceptors (Lipinski definition) is 4. The van der Waals surface area contributed by atoms with Crippen LogP contribution in [-0.2, 0) is 12.8 Å². The first kappa shape index (κ1) is 15.3. The third kappa shape index (κ3) is 2.95. The Kier molecular flexibility index (Phi) is 4.62. The van der Waals surface area contributed by atoms with Gasteiger partial charge < -0.3 is 11.1 Å². The van der Waals surface area contributed by atoms with E-state index in [1.807, 2.05) is 0 Å². The van der Waals surface area contributed by atoms with Crippen LogP contribution in [0, 0.1) is 0 Å². The van der Waals surface area contributed by atoms with Crippen molar-refractivity contribution in [3.05, 3.63) is 22.2 Å². The monoisotopic (exact) mass is 317 g/mol. The summed E-state index contributed by atoms with van der Waals surface area (Å²) in [5.74, 6) is -0.0656. The lowest BCUT2D eigenvalue weighted by Gasteiger charge is -2.05. The number of aromatic nitrogens is 1. The predicted molar refractivity (Wildman–Crippen MR) is 92.5 cm³/mol. The molecule has 0 saturated heterocycles. The van der Waals surface area contributed by atoms with Crippen molar-refractivity contribution in [1.82, 2.24) is 10.3 Å². The third-order valence-electron chi connectivity index (χ3n) is 4.27. The van der Waals surface area contributed by atoms with Crippen LogP contribution in [0.2, 0.25) is 0 Å². The number of aryl methyl sites for hydroxylation is 2. The molecule has 0 spiro atoms. The summed E-state index contributed by atoms with van der Waals surface area (Å²) >= 11 is 1.42. The van der Waals surface area contributed by atoms with E-state index in [2.05, 4.69) is 18.3 Å². The SMILES string of the molecule is CCCCNC(=O)c1sc2nc3c(cc2c1N)CCCCC3. The van der Waals surface area contributed by atoms with Gasteiger partial charge in [0.05, 0.1) is 5.69 Å². The molecule has 22 heavy (non-hydrogen) atoms. The van der Waals surface area contributed by atoms with Crippen LogP contribution in [0.5, 0.6) is 0 Å². The molecule has 1 aliphatic carbocycles. The Bertz CT molecular complexity index is 693. The molecule has 0 aliphatic heterocycles. The molecule has 5 heteroatoms. The van der Waals surface area contributed by atoms with Gasteiger partial charge >= 0.3 is 0 Å². The number of fused-ring (bicyclic) bond motifs is 2. The van der Waals surface area contributed by atoms with Gasteiger partial charge in [-0.3, -0.25) is 4.79 Å². The van der Waals surface area contributed by atoms with Gasteiger partial charge in [0.1, 0.15) is 9.71 Å². The molecule has 0 bridgehead atoms. The standard InChI is InChI=1S/C17H23N3OS/c1-2-3-9-19-16(21)15-14(18)12-10-11-7-5-4-6-8-13(11)20-17(12)22-15/h10H,2-9,18H2,1H3,(H,19,21). The molecule has 2 aromatic rings. The van der Waals surface area contributed by atoms with Crippen LogP contribution >= 0.6 is 11.3 Å². The highest BCUT2D eigenvalue weighted by Gasteiger charge is 2.19. The number of nitrogen functional groups attached to an aromatic ring is 1. The second-order valence-electron chi connectivity index (χ2n) is 5.96. The van der Waals surface area contributed by atoms with E-state index in [-0.39, 0.29) is 5.91 Å². The van der Waals surface area contributed by atoms with Gasteiger partial charge in [-0.15, -0.1) is 11.3 Å². The topological polar surface area (TPSA) is 68.0 Å². The second-order valence-corrected chi connectivity index (χ2v) is 6.96. The zero-order valence-electron chi connectivity index (χ0n) is 13.1. The molecule has 2 aromatic heterocycles. The number of amides is 1. The van der Waals surface area contributed by atoms with Gasteiger partial charge in [0.15, 0.2) is 0 Å². The molecule has 0 radical (unpaired) electrons. The molecule has 0 atom stereocenters. The van der Waals surface area contributed by atoms with E-state index in [9.17, 15) is 4.79 Å². The number of nitrogens with two attached hydrogens (primary N) is 1. The first-order valence-corrected chi connectivity index (χ1v) is 9.01. The number of nitrogens with one attached hydrogen (secondary N) is 1. The second kappa shape index (κ2) is 6.65. The summed E-state index contributed by atoms with van der Waals surface area (Å²) in [6.45, 7) is 2.81. The minimum absolute atomic E-state index is 0.0656. The van der Waals surface area contributed by atoms with Crippen LogP contribution < -0.4 is 11.1 Å². The van der Waals surface area contributed by atoms with Crippen molar-refractivity contribution in [2.75, 3.05) is 12.3 Å². The molecule has 1 amide bonds. The lowest BCUT2D eigenvalue weighted by Crippen LogP contribution is -2.24. The van der Waals surface area contributed by atoms with E-state index in [4.69, 9.17) is 10.7 Å². The van der Waals surface area contributed by atoms with E-state index < -0.39 is 0 Å². The van der Waals surface area contributed by atoms with Crippen molar-refractivity contribution in [2.45, 2.75) is 51.9 Å². The summed E-state index contributed by atoms with van der Waals surface area (Å²) in [6, 6.07) is 2.16. The first-order chi connectivity index (χ1) is 10.7. The molecule has 4 nitrogen and oxygen atoms in total. The van der Waals surface area contributed by atoms with E-state index in [0.717, 1.165) is 35.9 Å². The number of rotatable bonds is 4. The van der Waals surface area contributed by atoms with Crippen LogP contribution in [0.25, 0.3) is 10.2 Å². The van der Waals surface area contributed by atoms with Crippen molar-refractivity contribution >= 4 is 33.1 Å². The molecule has 3 rings (SSSR count). The Morgan fingerprint density at radius 3 is 3.00 bits per heavy atom. The first-order valence-electron chi connectivity index (χ1n) is 8.19. The Hall–Kier alpha value is -1.62. The maximum atomic E-state index is 12.3. The molecule has 2 heterocycles. The molecule has 3 N–H and O–H groups in total. The van der Waals surface area contributed by atoms with E-state index in [1.54, 1.807) is 0 Å². The van der Waals surface area contributed by atoms with E-state index in [1.165, 1.54) is 41.9 Å². The third-order valence-corrected chi connectivity index (χ3v) is 5.39. The molecule has 118 valence electrons. The molecule has 0 saturated carbocycles. The summed E-state index contributed by atoms with van der Waals surface area (Å²) in [5.41, 5.74) is 9.33. The molecule has 0 aromatic carbocycles. The maximum Gasteiger partial charge on any atom is 0.263 e. The summed E-state index contributed by atoms with van der Waals surface area (Å²) in [5, 5.41) is 3.90. The smallest absolute Gasteiger partial charge is 0.263 e. The Morgan fingerprint density at radius 2 is 2.18 bits per heavy atom. The van der Waals surface area contributed by atoms with Crippen molar-refractivity contribution in [1.29, 1.82) is 0 Å². The normalized spacial score (nSPS) is 14.6. The fraction of sp³-hybridized carbons (Fsp3) is 0.529. The predicted octanol–water partition coefficient (Wildman–Crippen LogP) is 3.68. The van der Waals surface area contributed by atoms with Gasteiger partial charge in [0, 0.05) is 17.6 Å². The maximum absolute atomic E-state index is 12.3. The minimum Gasteiger partial charge on any atom is -0.397 e. The summed E-state index contributed by atoms with van der Waals surface area (Å²) in [7, 11) is 0. The zero-order chi connectivity index (χ0) is 15.5. The quantitative estimate of drug-likeness (QED) is 0.667. The van der Waals surface area contributed by atoms with Crippen LogP contribution in [0.4, 0.5) is 5.69 Å². The van der Waals surface area contributed by atoms with Crippen LogP contribution in [0.3, 0.4) is 0 Å². The number of carbonyl (C=O) groups is 1. The average Bonchev–Trinajstić information content (AvgIpc) is 2.70. The average molecular weight is 317 g/mol. The lowest BCUT2D eigenvalue weighted by atomic mass is 10.1. The van der Waals surface area contributed by atoms with Crippen molar-refractivity contribution in [3.63, 3.8) is 0 Å². The molecule has 0 unspecified atom stereocenters. The van der Waals surface area contributed by atoms with Gasteiger partial charge in [-0.05, 0) is 43.7 Å². The Balaban J connectivity index is 1.93. The van der Waals surface area contributed by atoms with Gasteiger partial charge in [-0.25, -0.2) is 4.98 Å². The van der Waals surface area contributed by atoms with Crippen molar-refractivity contribution < 1.29 is 4.79 Å². The molecular weight excluding hydrogens is 294 g/mol. The van der Waals surface area contributed by atoms with Gasteiger partial charge in [-0.1, -0.05) is 19.8 Å². The largest absolute Gasteiger partial charge is 0.397 e. The number of anilines is 1. The number of pyridine rings is 1. The summed E-state index contributed by atoms with van der Waals surface area (Å²) in [4.78, 5) is 18.6. The van der Waals surface area contributed by atoms with Crippen LogP contribution in [0.15, 0.2) is 6.07 Å². The summed E-state index contributed by atoms with van der Waals surface area (Å²) in [6.07, 6.45) is 7.86. The molecule has 0 fully saturated rings. The van der Waals surface area contributed by atoms with Gasteiger partial charge in [-0.2, -0.15) is 0 Å². The fourth-order valence-electron chi connectivity index (χ4n) is 2.96. The van der Waals surface area contributed by atoms with Crippen LogP contribution in [-0.4, -0.2) is 17.4 Å². The van der Waals surface area contributed by atoms with Crippen LogP contribution in [0.1, 0.15) is 60.0 Å². The fourth-order valence-corrected chi connectivity index (χ4v) is 3.98. The highest BCUT2D eigenvalue weighted by atomic mass is 32.1. The molecule has 1 aliphatic rings. The van der Waals surface area contributed by atoms with Gasteiger partial charge in [0.25, 0.3) is 5.91 Å². The number of hydrogen-bond donors (Lipinski definition) is 2. The Labute approximate surface area is 135 Å². The minimum atomic E-state index is -0.0656.